The highest BCUT2D eigenvalue weighted by atomic mass is 79.9. The Balaban J connectivity index is 2.19. The van der Waals surface area contributed by atoms with Crippen LogP contribution in [0.3, 0.4) is 0 Å². The zero-order valence-electron chi connectivity index (χ0n) is 11.2. The minimum Gasteiger partial charge on any atom is -0.489 e. The first-order valence-electron chi connectivity index (χ1n) is 6.13. The molecular weight excluding hydrogens is 338 g/mol. The second kappa shape index (κ2) is 6.49. The maximum Gasteiger partial charge on any atom is 0.272 e. The number of ether oxygens (including phenoxy) is 1. The predicted octanol–water partition coefficient (Wildman–Crippen LogP) is 4.06. The summed E-state index contributed by atoms with van der Waals surface area (Å²) in [5, 5.41) is 10.9. The largest absolute Gasteiger partial charge is 0.489 e. The molecule has 0 amide bonds. The van der Waals surface area contributed by atoms with Gasteiger partial charge in [0.25, 0.3) is 5.69 Å². The van der Waals surface area contributed by atoms with E-state index in [1.807, 2.05) is 0 Å². The van der Waals surface area contributed by atoms with E-state index in [0.717, 1.165) is 11.8 Å². The topological polar surface area (TPSA) is 69.4 Å². The van der Waals surface area contributed by atoms with Crippen molar-refractivity contribution in [3.63, 3.8) is 0 Å². The number of hydrogen-bond donors (Lipinski definition) is 0. The van der Waals surface area contributed by atoms with Crippen LogP contribution in [0.2, 0.25) is 0 Å². The second-order valence-corrected chi connectivity index (χ2v) is 5.26. The Morgan fingerprint density at radius 2 is 2.10 bits per heavy atom. The quantitative estimate of drug-likeness (QED) is 0.463. The molecule has 2 rings (SSSR count). The number of benzene rings is 2. The molecule has 108 valence electrons. The molecule has 0 N–H and O–H groups in total. The van der Waals surface area contributed by atoms with Gasteiger partial charge in [-0.15, -0.1) is 0 Å². The maximum absolute atomic E-state index is 10.9. The minimum absolute atomic E-state index is 0.0699. The highest BCUT2D eigenvalue weighted by Gasteiger charge is 2.13. The molecule has 5 nitrogen and oxygen atoms in total. The van der Waals surface area contributed by atoms with Gasteiger partial charge in [0, 0.05) is 21.7 Å². The average Bonchev–Trinajstić information content (AvgIpc) is 2.47. The van der Waals surface area contributed by atoms with Gasteiger partial charge in [0.2, 0.25) is 0 Å². The van der Waals surface area contributed by atoms with Crippen molar-refractivity contribution in [1.82, 2.24) is 0 Å². The van der Waals surface area contributed by atoms with Crippen LogP contribution in [0.25, 0.3) is 0 Å². The molecule has 0 saturated heterocycles. The first-order valence-corrected chi connectivity index (χ1v) is 6.92. The molecule has 0 fully saturated rings. The third-order valence-corrected chi connectivity index (χ3v) is 3.83. The number of rotatable bonds is 5. The van der Waals surface area contributed by atoms with Crippen molar-refractivity contribution in [2.24, 2.45) is 0 Å². The third-order valence-electron chi connectivity index (χ3n) is 3.10. The molecule has 21 heavy (non-hydrogen) atoms. The third kappa shape index (κ3) is 3.46. The molecule has 0 aliphatic heterocycles. The van der Waals surface area contributed by atoms with E-state index in [1.165, 1.54) is 6.07 Å². The number of nitro groups is 1. The first kappa shape index (κ1) is 15.2. The summed E-state index contributed by atoms with van der Waals surface area (Å²) in [6, 6.07) is 9.93. The zero-order valence-corrected chi connectivity index (χ0v) is 12.8. The number of nitrogens with zero attached hydrogens (tertiary/aromatic N) is 1. The monoisotopic (exact) mass is 349 g/mol. The van der Waals surface area contributed by atoms with Crippen molar-refractivity contribution in [3.05, 3.63) is 67.7 Å². The first-order chi connectivity index (χ1) is 10.0. The van der Waals surface area contributed by atoms with E-state index >= 15 is 0 Å². The van der Waals surface area contributed by atoms with Crippen molar-refractivity contribution in [2.45, 2.75) is 13.5 Å². The van der Waals surface area contributed by atoms with Crippen molar-refractivity contribution in [3.8, 4) is 5.75 Å². The van der Waals surface area contributed by atoms with Gasteiger partial charge in [0.1, 0.15) is 12.4 Å². The van der Waals surface area contributed by atoms with Crippen LogP contribution in [0.15, 0.2) is 40.9 Å². The van der Waals surface area contributed by atoms with Gasteiger partial charge in [-0.2, -0.15) is 0 Å². The Labute approximate surface area is 129 Å². The Morgan fingerprint density at radius 1 is 1.33 bits per heavy atom. The van der Waals surface area contributed by atoms with Crippen molar-refractivity contribution in [2.75, 3.05) is 0 Å². The van der Waals surface area contributed by atoms with Crippen LogP contribution in [0.5, 0.6) is 5.75 Å². The molecule has 0 heterocycles. The van der Waals surface area contributed by atoms with E-state index in [0.29, 0.717) is 21.3 Å². The number of nitro benzene ring substituents is 1. The smallest absolute Gasteiger partial charge is 0.272 e. The van der Waals surface area contributed by atoms with Crippen LogP contribution in [-0.2, 0) is 6.61 Å². The fourth-order valence-electron chi connectivity index (χ4n) is 1.89. The molecule has 0 saturated carbocycles. The normalized spacial score (nSPS) is 10.2. The van der Waals surface area contributed by atoms with Gasteiger partial charge in [0.15, 0.2) is 6.29 Å². The minimum atomic E-state index is -0.414. The molecular formula is C15H12BrNO4. The highest BCUT2D eigenvalue weighted by Crippen LogP contribution is 2.24. The Morgan fingerprint density at radius 3 is 2.76 bits per heavy atom. The van der Waals surface area contributed by atoms with Gasteiger partial charge < -0.3 is 4.74 Å². The summed E-state index contributed by atoms with van der Waals surface area (Å²) < 4.78 is 6.29. The molecule has 2 aromatic rings. The predicted molar refractivity (Wildman–Crippen MR) is 81.7 cm³/mol. The maximum atomic E-state index is 10.9. The lowest BCUT2D eigenvalue weighted by Crippen LogP contribution is -2.01. The molecule has 0 spiro atoms. The van der Waals surface area contributed by atoms with E-state index in [1.54, 1.807) is 37.3 Å². The Kier molecular flexibility index (Phi) is 4.70. The van der Waals surface area contributed by atoms with E-state index in [4.69, 9.17) is 4.74 Å². The number of halogens is 1. The summed E-state index contributed by atoms with van der Waals surface area (Å²) in [5.41, 5.74) is 1.87. The van der Waals surface area contributed by atoms with E-state index in [9.17, 15) is 14.9 Å². The molecule has 0 atom stereocenters. The number of hydrogen-bond acceptors (Lipinski definition) is 4. The molecule has 6 heteroatoms. The SMILES string of the molecule is Cc1c(COc2ccc(Br)c(C=O)c2)cccc1[N+](=O)[O-]. The van der Waals surface area contributed by atoms with Gasteiger partial charge in [-0.05, 0) is 30.7 Å². The summed E-state index contributed by atoms with van der Waals surface area (Å²) in [5.74, 6) is 0.534. The van der Waals surface area contributed by atoms with Gasteiger partial charge in [-0.3, -0.25) is 14.9 Å². The molecule has 0 aliphatic rings. The Bertz CT molecular complexity index is 700. The summed E-state index contributed by atoms with van der Waals surface area (Å²) in [6.07, 6.45) is 0.732. The number of aldehydes is 1. The van der Waals surface area contributed by atoms with Gasteiger partial charge in [0.05, 0.1) is 4.92 Å². The number of carbonyl (C=O) groups excluding carboxylic acids is 1. The van der Waals surface area contributed by atoms with Crippen molar-refractivity contribution < 1.29 is 14.5 Å². The van der Waals surface area contributed by atoms with Crippen LogP contribution >= 0.6 is 15.9 Å². The zero-order chi connectivity index (χ0) is 15.4. The van der Waals surface area contributed by atoms with Crippen molar-refractivity contribution >= 4 is 27.9 Å². The molecule has 2 aromatic carbocycles. The standard InChI is InChI=1S/C15H12BrNO4/c1-10-11(3-2-4-15(10)17(19)20)9-21-13-5-6-14(16)12(7-13)8-18/h2-8H,9H2,1H3. The van der Waals surface area contributed by atoms with E-state index in [2.05, 4.69) is 15.9 Å². The van der Waals surface area contributed by atoms with E-state index in [-0.39, 0.29) is 12.3 Å². The Hall–Kier alpha value is -2.21. The number of carbonyl (C=O) groups is 1. The molecule has 0 aliphatic carbocycles. The molecule has 0 aromatic heterocycles. The van der Waals surface area contributed by atoms with Crippen molar-refractivity contribution in [1.29, 1.82) is 0 Å². The summed E-state index contributed by atoms with van der Waals surface area (Å²) >= 11 is 3.26. The fourth-order valence-corrected chi connectivity index (χ4v) is 2.23. The summed E-state index contributed by atoms with van der Waals surface area (Å²) in [6.45, 7) is 1.89. The van der Waals surface area contributed by atoms with Crippen LogP contribution in [-0.4, -0.2) is 11.2 Å². The van der Waals surface area contributed by atoms with E-state index < -0.39 is 4.92 Å². The average molecular weight is 350 g/mol. The van der Waals surface area contributed by atoms with Crippen LogP contribution in [0.1, 0.15) is 21.5 Å². The lowest BCUT2D eigenvalue weighted by atomic mass is 10.1. The summed E-state index contributed by atoms with van der Waals surface area (Å²) in [7, 11) is 0. The van der Waals surface area contributed by atoms with Crippen LogP contribution < -0.4 is 4.74 Å². The molecule has 0 bridgehead atoms. The molecule has 0 radical (unpaired) electrons. The highest BCUT2D eigenvalue weighted by molar-refractivity contribution is 9.10. The fraction of sp³-hybridized carbons (Fsp3) is 0.133. The van der Waals surface area contributed by atoms with Gasteiger partial charge >= 0.3 is 0 Å². The van der Waals surface area contributed by atoms with Crippen LogP contribution in [0, 0.1) is 17.0 Å². The lowest BCUT2D eigenvalue weighted by molar-refractivity contribution is -0.385. The second-order valence-electron chi connectivity index (χ2n) is 4.41. The van der Waals surface area contributed by atoms with Gasteiger partial charge in [-0.1, -0.05) is 28.1 Å². The van der Waals surface area contributed by atoms with Gasteiger partial charge in [-0.25, -0.2) is 0 Å². The van der Waals surface area contributed by atoms with Crippen LogP contribution in [0.4, 0.5) is 5.69 Å². The molecule has 0 unspecified atom stereocenters. The summed E-state index contributed by atoms with van der Waals surface area (Å²) in [4.78, 5) is 21.3. The lowest BCUT2D eigenvalue weighted by Gasteiger charge is -2.09.